The van der Waals surface area contributed by atoms with E-state index in [9.17, 15) is 9.90 Å². The second kappa shape index (κ2) is 12.1. The van der Waals surface area contributed by atoms with Crippen LogP contribution in [0.2, 0.25) is 0 Å². The fourth-order valence-electron chi connectivity index (χ4n) is 5.35. The van der Waals surface area contributed by atoms with Crippen LogP contribution in [0.25, 0.3) is 0 Å². The number of hydrogen-bond donors (Lipinski definition) is 1. The molecule has 4 rings (SSSR count). The number of carboxylic acids is 1. The number of halogens is 2. The molecule has 0 amide bonds. The summed E-state index contributed by atoms with van der Waals surface area (Å²) in [5.41, 5.74) is 6.91. The van der Waals surface area contributed by atoms with Gasteiger partial charge in [-0.3, -0.25) is 9.69 Å². The lowest BCUT2D eigenvalue weighted by molar-refractivity contribution is -0.136. The van der Waals surface area contributed by atoms with Crippen LogP contribution in [-0.4, -0.2) is 29.1 Å². The SMILES string of the molecule is Cc1cccc(C(c2cc(C)c(C(C)C)cc2Oc2c(Br)cc(CC(=O)O)cc2Br)N2CCCCC2)c1. The van der Waals surface area contributed by atoms with Crippen LogP contribution in [0, 0.1) is 13.8 Å². The molecule has 196 valence electrons. The first-order chi connectivity index (χ1) is 17.6. The van der Waals surface area contributed by atoms with Crippen molar-refractivity contribution in [2.45, 2.75) is 65.3 Å². The standard InChI is InChI=1S/C31H35Br2NO3/c1-19(2)24-18-28(37-31-26(32)15-22(16-27(31)33)17-29(35)36)25(14-21(24)4)30(34-11-6-5-7-12-34)23-10-8-9-20(3)13-23/h8-10,13-16,18-19,30H,5-7,11-12,17H2,1-4H3,(H,35,36). The van der Waals surface area contributed by atoms with Crippen molar-refractivity contribution in [3.8, 4) is 11.5 Å². The second-order valence-electron chi connectivity index (χ2n) is 10.4. The number of likely N-dealkylation sites (tertiary alicyclic amines) is 1. The molecular formula is C31H35Br2NO3. The van der Waals surface area contributed by atoms with Gasteiger partial charge in [0.15, 0.2) is 5.75 Å². The maximum Gasteiger partial charge on any atom is 0.307 e. The summed E-state index contributed by atoms with van der Waals surface area (Å²) in [5.74, 6) is 0.973. The number of aliphatic carboxylic acids is 1. The van der Waals surface area contributed by atoms with E-state index in [0.717, 1.165) is 33.3 Å². The Kier molecular flexibility index (Phi) is 9.15. The minimum absolute atomic E-state index is 0.0465. The number of carboxylic acid groups (broad SMARTS) is 1. The first-order valence-corrected chi connectivity index (χ1v) is 14.5. The van der Waals surface area contributed by atoms with Crippen molar-refractivity contribution in [1.29, 1.82) is 0 Å². The van der Waals surface area contributed by atoms with Gasteiger partial charge in [0.05, 0.1) is 21.4 Å². The summed E-state index contributed by atoms with van der Waals surface area (Å²) in [7, 11) is 0. The van der Waals surface area contributed by atoms with Gasteiger partial charge in [0.2, 0.25) is 0 Å². The number of nitrogens with zero attached hydrogens (tertiary/aromatic N) is 1. The summed E-state index contributed by atoms with van der Waals surface area (Å²) in [6.45, 7) is 10.9. The van der Waals surface area contributed by atoms with Crippen LogP contribution in [0.1, 0.15) is 78.5 Å². The van der Waals surface area contributed by atoms with Gasteiger partial charge < -0.3 is 9.84 Å². The third-order valence-electron chi connectivity index (χ3n) is 7.05. The fraction of sp³-hybridized carbons (Fsp3) is 0.387. The Bertz CT molecular complexity index is 1260. The van der Waals surface area contributed by atoms with E-state index in [1.54, 1.807) is 0 Å². The molecule has 1 N–H and O–H groups in total. The Hall–Kier alpha value is -2.15. The Morgan fingerprint density at radius 2 is 1.65 bits per heavy atom. The summed E-state index contributed by atoms with van der Waals surface area (Å²) >= 11 is 7.28. The molecule has 1 aliphatic rings. The average Bonchev–Trinajstić information content (AvgIpc) is 2.83. The number of hydrogen-bond acceptors (Lipinski definition) is 3. The molecule has 0 aromatic heterocycles. The molecule has 1 heterocycles. The smallest absolute Gasteiger partial charge is 0.307 e. The predicted octanol–water partition coefficient (Wildman–Crippen LogP) is 8.95. The van der Waals surface area contributed by atoms with E-state index in [1.165, 1.54) is 41.5 Å². The quantitative estimate of drug-likeness (QED) is 0.270. The van der Waals surface area contributed by atoms with Gasteiger partial charge >= 0.3 is 5.97 Å². The molecule has 1 fully saturated rings. The molecular weight excluding hydrogens is 594 g/mol. The number of aryl methyl sites for hydroxylation is 2. The molecule has 0 bridgehead atoms. The van der Waals surface area contributed by atoms with Crippen molar-refractivity contribution in [1.82, 2.24) is 4.90 Å². The van der Waals surface area contributed by atoms with Crippen molar-refractivity contribution in [2.75, 3.05) is 13.1 Å². The van der Waals surface area contributed by atoms with Gasteiger partial charge in [-0.1, -0.05) is 56.2 Å². The van der Waals surface area contributed by atoms with Gasteiger partial charge in [-0.05, 0) is 118 Å². The largest absolute Gasteiger partial charge is 0.481 e. The lowest BCUT2D eigenvalue weighted by Crippen LogP contribution is -2.34. The predicted molar refractivity (Wildman–Crippen MR) is 157 cm³/mol. The number of piperidine rings is 1. The van der Waals surface area contributed by atoms with Crippen molar-refractivity contribution in [3.63, 3.8) is 0 Å². The normalized spacial score (nSPS) is 15.1. The Morgan fingerprint density at radius 3 is 2.24 bits per heavy atom. The van der Waals surface area contributed by atoms with Crippen LogP contribution in [0.3, 0.4) is 0 Å². The fourth-order valence-corrected chi connectivity index (χ4v) is 6.79. The Labute approximate surface area is 237 Å². The lowest BCUT2D eigenvalue weighted by atomic mass is 9.88. The summed E-state index contributed by atoms with van der Waals surface area (Å²) < 4.78 is 8.18. The molecule has 4 nitrogen and oxygen atoms in total. The van der Waals surface area contributed by atoms with Gasteiger partial charge in [-0.2, -0.15) is 0 Å². The topological polar surface area (TPSA) is 49.8 Å². The third-order valence-corrected chi connectivity index (χ3v) is 8.23. The molecule has 1 aliphatic heterocycles. The Balaban J connectivity index is 1.87. The van der Waals surface area contributed by atoms with E-state index < -0.39 is 5.97 Å². The van der Waals surface area contributed by atoms with E-state index in [-0.39, 0.29) is 12.5 Å². The number of benzene rings is 3. The van der Waals surface area contributed by atoms with Gasteiger partial charge in [-0.15, -0.1) is 0 Å². The van der Waals surface area contributed by atoms with E-state index >= 15 is 0 Å². The van der Waals surface area contributed by atoms with E-state index in [1.807, 2.05) is 12.1 Å². The number of ether oxygens (including phenoxy) is 1. The second-order valence-corrected chi connectivity index (χ2v) is 12.1. The molecule has 3 aromatic carbocycles. The molecule has 1 atom stereocenters. The monoisotopic (exact) mass is 627 g/mol. The molecule has 0 radical (unpaired) electrons. The van der Waals surface area contributed by atoms with Crippen LogP contribution >= 0.6 is 31.9 Å². The molecule has 6 heteroatoms. The van der Waals surface area contributed by atoms with Gasteiger partial charge in [0, 0.05) is 5.56 Å². The molecule has 1 unspecified atom stereocenters. The van der Waals surface area contributed by atoms with Crippen LogP contribution in [-0.2, 0) is 11.2 Å². The van der Waals surface area contributed by atoms with Crippen molar-refractivity contribution >= 4 is 37.8 Å². The molecule has 3 aromatic rings. The van der Waals surface area contributed by atoms with Crippen LogP contribution in [0.15, 0.2) is 57.5 Å². The van der Waals surface area contributed by atoms with E-state index in [4.69, 9.17) is 4.74 Å². The summed E-state index contributed by atoms with van der Waals surface area (Å²) in [4.78, 5) is 13.9. The van der Waals surface area contributed by atoms with Gasteiger partial charge in [0.25, 0.3) is 0 Å². The van der Waals surface area contributed by atoms with Crippen LogP contribution in [0.5, 0.6) is 11.5 Å². The third kappa shape index (κ3) is 6.65. The van der Waals surface area contributed by atoms with E-state index in [2.05, 4.69) is 101 Å². The highest BCUT2D eigenvalue weighted by Gasteiger charge is 2.29. The maximum atomic E-state index is 11.3. The summed E-state index contributed by atoms with van der Waals surface area (Å²) in [6, 6.07) is 17.1. The van der Waals surface area contributed by atoms with Gasteiger partial charge in [0.1, 0.15) is 5.75 Å². The van der Waals surface area contributed by atoms with Crippen LogP contribution in [0.4, 0.5) is 0 Å². The zero-order valence-corrected chi connectivity index (χ0v) is 25.2. The molecule has 0 saturated carbocycles. The van der Waals surface area contributed by atoms with Crippen molar-refractivity contribution < 1.29 is 14.6 Å². The highest BCUT2D eigenvalue weighted by atomic mass is 79.9. The molecule has 1 saturated heterocycles. The van der Waals surface area contributed by atoms with Crippen LogP contribution < -0.4 is 4.74 Å². The highest BCUT2D eigenvalue weighted by molar-refractivity contribution is 9.11. The first kappa shape index (κ1) is 27.9. The van der Waals surface area contributed by atoms with Crippen molar-refractivity contribution in [3.05, 3.63) is 90.9 Å². The average molecular weight is 629 g/mol. The molecule has 37 heavy (non-hydrogen) atoms. The zero-order chi connectivity index (χ0) is 26.7. The van der Waals surface area contributed by atoms with Gasteiger partial charge in [-0.25, -0.2) is 0 Å². The molecule has 0 spiro atoms. The van der Waals surface area contributed by atoms with E-state index in [0.29, 0.717) is 17.2 Å². The highest BCUT2D eigenvalue weighted by Crippen LogP contribution is 2.44. The maximum absolute atomic E-state index is 11.3. The molecule has 0 aliphatic carbocycles. The summed E-state index contributed by atoms with van der Waals surface area (Å²) in [6.07, 6.45) is 3.62. The first-order valence-electron chi connectivity index (χ1n) is 13.0. The van der Waals surface area contributed by atoms with Crippen molar-refractivity contribution in [2.24, 2.45) is 0 Å². The minimum Gasteiger partial charge on any atom is -0.481 e. The number of carbonyl (C=O) groups is 1. The minimum atomic E-state index is -0.864. The number of rotatable bonds is 8. The lowest BCUT2D eigenvalue weighted by Gasteiger charge is -2.36. The Morgan fingerprint density at radius 1 is 0.973 bits per heavy atom. The summed E-state index contributed by atoms with van der Waals surface area (Å²) in [5, 5.41) is 9.24. The zero-order valence-electron chi connectivity index (χ0n) is 22.0.